The van der Waals surface area contributed by atoms with Crippen molar-refractivity contribution >= 4 is 23.4 Å². The summed E-state index contributed by atoms with van der Waals surface area (Å²) in [5, 5.41) is 13.1. The molecule has 0 aliphatic carbocycles. The van der Waals surface area contributed by atoms with Crippen LogP contribution in [0.15, 0.2) is 24.3 Å². The number of anilines is 1. The van der Waals surface area contributed by atoms with E-state index in [9.17, 15) is 23.1 Å². The first-order chi connectivity index (χ1) is 10.8. The maximum atomic E-state index is 13.0. The Hall–Kier alpha value is -2.22. The number of hydrogen-bond acceptors (Lipinski definition) is 3. The standard InChI is InChI=1S/C14H11ClF3N3O2/c15-9-4-2-1-3-8(9)7-20-5-6-21-12(20)10(13(22)23)11(19-21)14(16,17)18/h1-4H,5-7H2,(H,22,23). The summed E-state index contributed by atoms with van der Waals surface area (Å²) in [7, 11) is 0. The second-order valence-electron chi connectivity index (χ2n) is 5.09. The average Bonchev–Trinajstić information content (AvgIpc) is 3.00. The van der Waals surface area contributed by atoms with Gasteiger partial charge in [0.1, 0.15) is 11.4 Å². The number of carbonyl (C=O) groups is 1. The maximum absolute atomic E-state index is 13.0. The van der Waals surface area contributed by atoms with E-state index in [4.69, 9.17) is 11.6 Å². The van der Waals surface area contributed by atoms with E-state index in [0.717, 1.165) is 4.68 Å². The van der Waals surface area contributed by atoms with Crippen LogP contribution in [0.4, 0.5) is 19.0 Å². The van der Waals surface area contributed by atoms with Crippen LogP contribution in [0.3, 0.4) is 0 Å². The summed E-state index contributed by atoms with van der Waals surface area (Å²) in [4.78, 5) is 12.9. The minimum absolute atomic E-state index is 0.0373. The van der Waals surface area contributed by atoms with Crippen LogP contribution in [-0.4, -0.2) is 27.4 Å². The molecule has 0 fully saturated rings. The van der Waals surface area contributed by atoms with Gasteiger partial charge >= 0.3 is 12.1 Å². The number of alkyl halides is 3. The first-order valence-electron chi connectivity index (χ1n) is 6.68. The molecule has 0 spiro atoms. The lowest BCUT2D eigenvalue weighted by Gasteiger charge is -2.19. The predicted octanol–water partition coefficient (Wildman–Crippen LogP) is 3.27. The van der Waals surface area contributed by atoms with E-state index < -0.39 is 23.4 Å². The second-order valence-corrected chi connectivity index (χ2v) is 5.49. The highest BCUT2D eigenvalue weighted by atomic mass is 35.5. The Kier molecular flexibility index (Phi) is 3.71. The Balaban J connectivity index is 2.04. The van der Waals surface area contributed by atoms with Crippen molar-refractivity contribution in [1.82, 2.24) is 9.78 Å². The molecule has 3 rings (SSSR count). The molecule has 2 heterocycles. The van der Waals surface area contributed by atoms with Crippen molar-refractivity contribution in [2.75, 3.05) is 11.4 Å². The summed E-state index contributed by atoms with van der Waals surface area (Å²) in [5.41, 5.74) is -1.49. The Labute approximate surface area is 133 Å². The number of rotatable bonds is 3. The zero-order valence-corrected chi connectivity index (χ0v) is 12.4. The van der Waals surface area contributed by atoms with Crippen LogP contribution in [0.5, 0.6) is 0 Å². The van der Waals surface area contributed by atoms with Crippen LogP contribution in [0.1, 0.15) is 21.6 Å². The molecule has 0 amide bonds. The number of aromatic carboxylic acids is 1. The minimum atomic E-state index is -4.82. The van der Waals surface area contributed by atoms with E-state index in [1.165, 1.54) is 0 Å². The fraction of sp³-hybridized carbons (Fsp3) is 0.286. The molecule has 0 saturated heterocycles. The molecule has 5 nitrogen and oxygen atoms in total. The van der Waals surface area contributed by atoms with E-state index >= 15 is 0 Å². The summed E-state index contributed by atoms with van der Waals surface area (Å²) in [6.07, 6.45) is -4.82. The lowest BCUT2D eigenvalue weighted by molar-refractivity contribution is -0.142. The quantitative estimate of drug-likeness (QED) is 0.927. The molecule has 9 heteroatoms. The van der Waals surface area contributed by atoms with Gasteiger partial charge in [-0.3, -0.25) is 0 Å². The number of benzene rings is 1. The zero-order valence-electron chi connectivity index (χ0n) is 11.6. The first-order valence-corrected chi connectivity index (χ1v) is 7.06. The van der Waals surface area contributed by atoms with Crippen molar-refractivity contribution in [2.24, 2.45) is 0 Å². The highest BCUT2D eigenvalue weighted by molar-refractivity contribution is 6.31. The van der Waals surface area contributed by atoms with Crippen molar-refractivity contribution in [3.63, 3.8) is 0 Å². The molecule has 23 heavy (non-hydrogen) atoms. The van der Waals surface area contributed by atoms with Crippen molar-refractivity contribution in [2.45, 2.75) is 19.3 Å². The lowest BCUT2D eigenvalue weighted by atomic mass is 10.2. The number of nitrogens with zero attached hydrogens (tertiary/aromatic N) is 3. The van der Waals surface area contributed by atoms with Crippen LogP contribution >= 0.6 is 11.6 Å². The molecule has 0 unspecified atom stereocenters. The van der Waals surface area contributed by atoms with Gasteiger partial charge in [-0.1, -0.05) is 29.8 Å². The molecule has 1 N–H and O–H groups in total. The van der Waals surface area contributed by atoms with Gasteiger partial charge in [-0.15, -0.1) is 0 Å². The van der Waals surface area contributed by atoms with Gasteiger partial charge in [-0.2, -0.15) is 18.3 Å². The van der Waals surface area contributed by atoms with E-state index in [-0.39, 0.29) is 18.9 Å². The summed E-state index contributed by atoms with van der Waals surface area (Å²) in [6, 6.07) is 6.91. The van der Waals surface area contributed by atoms with Crippen LogP contribution < -0.4 is 4.90 Å². The van der Waals surface area contributed by atoms with Crippen molar-refractivity contribution in [1.29, 1.82) is 0 Å². The molecule has 1 aliphatic heterocycles. The zero-order chi connectivity index (χ0) is 16.8. The Morgan fingerprint density at radius 3 is 2.61 bits per heavy atom. The van der Waals surface area contributed by atoms with Crippen LogP contribution in [0.25, 0.3) is 0 Å². The molecule has 122 valence electrons. The molecule has 2 aromatic rings. The normalized spacial score (nSPS) is 14.2. The number of carboxylic acids is 1. The van der Waals surface area contributed by atoms with Gasteiger partial charge in [-0.25, -0.2) is 9.48 Å². The van der Waals surface area contributed by atoms with Gasteiger partial charge in [0.25, 0.3) is 0 Å². The first kappa shape index (κ1) is 15.7. The highest BCUT2D eigenvalue weighted by Gasteiger charge is 2.44. The molecular formula is C14H11ClF3N3O2. The number of halogens is 4. The molecular weight excluding hydrogens is 335 g/mol. The monoisotopic (exact) mass is 345 g/mol. The number of aromatic nitrogens is 2. The third-order valence-corrected chi connectivity index (χ3v) is 3.98. The van der Waals surface area contributed by atoms with Crippen molar-refractivity contribution in [3.8, 4) is 0 Å². The number of carboxylic acid groups (broad SMARTS) is 1. The fourth-order valence-electron chi connectivity index (χ4n) is 2.63. The largest absolute Gasteiger partial charge is 0.477 e. The summed E-state index contributed by atoms with van der Waals surface area (Å²) >= 11 is 6.06. The average molecular weight is 346 g/mol. The summed E-state index contributed by atoms with van der Waals surface area (Å²) in [6.45, 7) is 0.769. The molecule has 0 bridgehead atoms. The van der Waals surface area contributed by atoms with Crippen LogP contribution in [-0.2, 0) is 19.3 Å². The van der Waals surface area contributed by atoms with E-state index in [1.54, 1.807) is 29.2 Å². The summed E-state index contributed by atoms with van der Waals surface area (Å²) < 4.78 is 40.1. The van der Waals surface area contributed by atoms with Gasteiger partial charge in [0.15, 0.2) is 5.69 Å². The van der Waals surface area contributed by atoms with E-state index in [2.05, 4.69) is 5.10 Å². The van der Waals surface area contributed by atoms with Gasteiger partial charge in [0, 0.05) is 18.1 Å². The third kappa shape index (κ3) is 2.74. The fourth-order valence-corrected chi connectivity index (χ4v) is 2.83. The Bertz CT molecular complexity index is 773. The maximum Gasteiger partial charge on any atom is 0.436 e. The Morgan fingerprint density at radius 1 is 1.30 bits per heavy atom. The van der Waals surface area contributed by atoms with Gasteiger partial charge in [0.2, 0.25) is 0 Å². The Morgan fingerprint density at radius 2 is 2.00 bits per heavy atom. The summed E-state index contributed by atoms with van der Waals surface area (Å²) in [5.74, 6) is -1.69. The van der Waals surface area contributed by atoms with Gasteiger partial charge in [0.05, 0.1) is 6.54 Å². The topological polar surface area (TPSA) is 58.4 Å². The smallest absolute Gasteiger partial charge is 0.436 e. The molecule has 1 aromatic heterocycles. The molecule has 1 aliphatic rings. The van der Waals surface area contributed by atoms with Crippen molar-refractivity contribution < 1.29 is 23.1 Å². The van der Waals surface area contributed by atoms with E-state index in [0.29, 0.717) is 17.1 Å². The predicted molar refractivity (Wildman–Crippen MR) is 76.7 cm³/mol. The SMILES string of the molecule is O=C(O)c1c(C(F)(F)F)nn2c1N(Cc1ccccc1Cl)CC2. The molecule has 0 radical (unpaired) electrons. The second kappa shape index (κ2) is 5.45. The van der Waals surface area contributed by atoms with Crippen LogP contribution in [0, 0.1) is 0 Å². The number of hydrogen-bond donors (Lipinski definition) is 1. The van der Waals surface area contributed by atoms with Gasteiger partial charge in [-0.05, 0) is 11.6 Å². The molecule has 1 aromatic carbocycles. The van der Waals surface area contributed by atoms with Crippen molar-refractivity contribution in [3.05, 3.63) is 46.1 Å². The lowest BCUT2D eigenvalue weighted by Crippen LogP contribution is -2.23. The van der Waals surface area contributed by atoms with E-state index in [1.807, 2.05) is 0 Å². The third-order valence-electron chi connectivity index (χ3n) is 3.61. The highest BCUT2D eigenvalue weighted by Crippen LogP contribution is 2.38. The minimum Gasteiger partial charge on any atom is -0.477 e. The molecule has 0 atom stereocenters. The molecule has 0 saturated carbocycles. The van der Waals surface area contributed by atoms with Gasteiger partial charge < -0.3 is 10.0 Å². The number of fused-ring (bicyclic) bond motifs is 1. The van der Waals surface area contributed by atoms with Crippen LogP contribution in [0.2, 0.25) is 5.02 Å².